The minimum Gasteiger partial charge on any atom is -0.292 e. The molecule has 0 spiro atoms. The van der Waals surface area contributed by atoms with Crippen LogP contribution in [0.2, 0.25) is 0 Å². The largest absolute Gasteiger partial charge is 0.292 e. The summed E-state index contributed by atoms with van der Waals surface area (Å²) >= 11 is 0. The van der Waals surface area contributed by atoms with E-state index in [2.05, 4.69) is 125 Å². The Labute approximate surface area is 210 Å². The summed E-state index contributed by atoms with van der Waals surface area (Å²) in [6.07, 6.45) is 6.23. The van der Waals surface area contributed by atoms with Crippen molar-refractivity contribution in [2.45, 2.75) is 90.4 Å². The highest BCUT2D eigenvalue weighted by Gasteiger charge is 2.41. The highest BCUT2D eigenvalue weighted by Crippen LogP contribution is 2.50. The number of imidazole rings is 1. The third-order valence-corrected chi connectivity index (χ3v) is 9.05. The molecule has 2 aliphatic rings. The first-order valence-corrected chi connectivity index (χ1v) is 13.2. The maximum Gasteiger partial charge on any atom is 0.269 e. The van der Waals surface area contributed by atoms with Crippen LogP contribution in [0.15, 0.2) is 54.6 Å². The van der Waals surface area contributed by atoms with Gasteiger partial charge in [-0.05, 0) is 75.6 Å². The number of nitrogens with zero attached hydrogens (tertiary/aromatic N) is 2. The zero-order chi connectivity index (χ0) is 24.9. The first kappa shape index (κ1) is 22.6. The standard InChI is InChI=1S/C33H38N2/c1-21(2)22-12-14-23(15-13-22)34-20-35-29-19-26-25(31(3,4)16-17-32(26,5)6)18-27(29)33(7,8)24-10-9-11-28(34)30(24)35/h9-15,18-19,21H,16-17H2,1-8H3. The molecule has 0 fully saturated rings. The van der Waals surface area contributed by atoms with Crippen molar-refractivity contribution in [1.29, 1.82) is 0 Å². The summed E-state index contributed by atoms with van der Waals surface area (Å²) in [5, 5.41) is 0. The molecule has 0 saturated carbocycles. The summed E-state index contributed by atoms with van der Waals surface area (Å²) in [4.78, 5) is 0. The van der Waals surface area contributed by atoms with E-state index in [1.807, 2.05) is 0 Å². The van der Waals surface area contributed by atoms with Gasteiger partial charge in [0.1, 0.15) is 0 Å². The lowest BCUT2D eigenvalue weighted by Gasteiger charge is -2.44. The molecule has 35 heavy (non-hydrogen) atoms. The summed E-state index contributed by atoms with van der Waals surface area (Å²) < 4.78 is 4.60. The lowest BCUT2D eigenvalue weighted by atomic mass is 9.61. The maximum atomic E-state index is 3.78. The molecule has 0 atom stereocenters. The number of para-hydroxylation sites is 1. The summed E-state index contributed by atoms with van der Waals surface area (Å²) in [5.74, 6) is 0.527. The smallest absolute Gasteiger partial charge is 0.269 e. The Bertz CT molecular complexity index is 1480. The molecule has 0 N–H and O–H groups in total. The lowest BCUT2D eigenvalue weighted by molar-refractivity contribution is -0.575. The van der Waals surface area contributed by atoms with Crippen molar-refractivity contribution in [3.63, 3.8) is 0 Å². The second kappa shape index (κ2) is 7.09. The highest BCUT2D eigenvalue weighted by molar-refractivity contribution is 5.82. The Morgan fingerprint density at radius 1 is 0.771 bits per heavy atom. The summed E-state index contributed by atoms with van der Waals surface area (Å²) in [6.45, 7) is 19.0. The Hall–Kier alpha value is -2.87. The molecule has 180 valence electrons. The minimum atomic E-state index is -0.0803. The summed E-state index contributed by atoms with van der Waals surface area (Å²) in [7, 11) is 0. The molecule has 0 radical (unpaired) electrons. The predicted molar refractivity (Wildman–Crippen MR) is 145 cm³/mol. The van der Waals surface area contributed by atoms with E-state index in [1.165, 1.54) is 57.4 Å². The summed E-state index contributed by atoms with van der Waals surface area (Å²) in [6, 6.07) is 20.8. The molecular weight excluding hydrogens is 424 g/mol. The topological polar surface area (TPSA) is 8.81 Å². The van der Waals surface area contributed by atoms with E-state index in [1.54, 1.807) is 0 Å². The molecule has 1 aliphatic heterocycles. The average molecular weight is 463 g/mol. The van der Waals surface area contributed by atoms with Crippen LogP contribution in [0.3, 0.4) is 0 Å². The lowest BCUT2D eigenvalue weighted by Crippen LogP contribution is -2.43. The third-order valence-electron chi connectivity index (χ3n) is 9.05. The van der Waals surface area contributed by atoms with Crippen molar-refractivity contribution in [3.8, 4) is 11.4 Å². The van der Waals surface area contributed by atoms with Gasteiger partial charge in [0, 0.05) is 5.41 Å². The van der Waals surface area contributed by atoms with Crippen LogP contribution in [0, 0.1) is 6.33 Å². The second-order valence-electron chi connectivity index (χ2n) is 13.0. The van der Waals surface area contributed by atoms with Crippen LogP contribution in [0.1, 0.15) is 102 Å². The van der Waals surface area contributed by atoms with Crippen molar-refractivity contribution < 1.29 is 4.57 Å². The zero-order valence-corrected chi connectivity index (χ0v) is 22.6. The van der Waals surface area contributed by atoms with E-state index in [0.29, 0.717) is 5.92 Å². The number of rotatable bonds is 2. The average Bonchev–Trinajstić information content (AvgIpc) is 3.20. The van der Waals surface area contributed by atoms with E-state index in [-0.39, 0.29) is 16.2 Å². The molecule has 1 aromatic heterocycles. The molecule has 0 unspecified atom stereocenters. The maximum absolute atomic E-state index is 3.78. The van der Waals surface area contributed by atoms with E-state index in [9.17, 15) is 0 Å². The van der Waals surface area contributed by atoms with Gasteiger partial charge in [0.05, 0.1) is 22.4 Å². The SMILES string of the molecule is CC(C)c1ccc(-n2[c-][n+]3c4c(cccc42)C(C)(C)c2cc4c(cc2-3)C(C)(C)CCC4(C)C)cc1. The van der Waals surface area contributed by atoms with Crippen LogP contribution >= 0.6 is 0 Å². The van der Waals surface area contributed by atoms with Crippen LogP contribution in [-0.4, -0.2) is 4.57 Å². The highest BCUT2D eigenvalue weighted by atomic mass is 15.1. The zero-order valence-electron chi connectivity index (χ0n) is 22.6. The third kappa shape index (κ3) is 3.11. The van der Waals surface area contributed by atoms with Crippen LogP contribution in [0.4, 0.5) is 0 Å². The van der Waals surface area contributed by atoms with Gasteiger partial charge in [0.15, 0.2) is 0 Å². The first-order valence-electron chi connectivity index (χ1n) is 13.2. The number of benzene rings is 3. The van der Waals surface area contributed by atoms with Gasteiger partial charge >= 0.3 is 0 Å². The van der Waals surface area contributed by atoms with Gasteiger partial charge in [-0.15, -0.1) is 0 Å². The van der Waals surface area contributed by atoms with Crippen molar-refractivity contribution in [2.75, 3.05) is 0 Å². The molecule has 2 nitrogen and oxygen atoms in total. The molecule has 3 aromatic carbocycles. The molecule has 6 rings (SSSR count). The van der Waals surface area contributed by atoms with Gasteiger partial charge in [-0.3, -0.25) is 9.13 Å². The van der Waals surface area contributed by atoms with Gasteiger partial charge in [0.2, 0.25) is 0 Å². The quantitative estimate of drug-likeness (QED) is 0.212. The molecule has 0 saturated heterocycles. The van der Waals surface area contributed by atoms with Crippen LogP contribution in [0.5, 0.6) is 0 Å². The second-order valence-corrected chi connectivity index (χ2v) is 13.0. The molecule has 1 aliphatic carbocycles. The van der Waals surface area contributed by atoms with E-state index in [4.69, 9.17) is 0 Å². The van der Waals surface area contributed by atoms with Crippen molar-refractivity contribution in [2.24, 2.45) is 0 Å². The van der Waals surface area contributed by atoms with E-state index >= 15 is 0 Å². The molecular formula is C33H38N2. The minimum absolute atomic E-state index is 0.0803. The fraction of sp³-hybridized carbons (Fsp3) is 0.424. The van der Waals surface area contributed by atoms with Gasteiger partial charge < -0.3 is 0 Å². The van der Waals surface area contributed by atoms with E-state index < -0.39 is 0 Å². The molecule has 2 heteroatoms. The Balaban J connectivity index is 1.66. The Morgan fingerprint density at radius 3 is 2.03 bits per heavy atom. The van der Waals surface area contributed by atoms with Crippen LogP contribution in [-0.2, 0) is 16.2 Å². The Kier molecular flexibility index (Phi) is 4.58. The van der Waals surface area contributed by atoms with Crippen LogP contribution in [0.25, 0.3) is 22.4 Å². The monoisotopic (exact) mass is 462 g/mol. The predicted octanol–water partition coefficient (Wildman–Crippen LogP) is 7.82. The van der Waals surface area contributed by atoms with E-state index in [0.717, 1.165) is 5.69 Å². The molecule has 0 amide bonds. The normalized spacial score (nSPS) is 19.0. The fourth-order valence-corrected chi connectivity index (χ4v) is 6.47. The van der Waals surface area contributed by atoms with Crippen molar-refractivity contribution >= 4 is 11.0 Å². The van der Waals surface area contributed by atoms with Gasteiger partial charge in [-0.25, -0.2) is 0 Å². The number of fused-ring (bicyclic) bond motifs is 3. The van der Waals surface area contributed by atoms with Crippen molar-refractivity contribution in [3.05, 3.63) is 88.7 Å². The molecule has 4 aromatic rings. The number of hydrogen-bond donors (Lipinski definition) is 0. The first-order chi connectivity index (χ1) is 16.4. The fourth-order valence-electron chi connectivity index (χ4n) is 6.47. The van der Waals surface area contributed by atoms with Gasteiger partial charge in [-0.1, -0.05) is 91.8 Å². The Morgan fingerprint density at radius 2 is 1.40 bits per heavy atom. The molecule has 0 bridgehead atoms. The van der Waals surface area contributed by atoms with Crippen molar-refractivity contribution in [1.82, 2.24) is 4.57 Å². The summed E-state index contributed by atoms with van der Waals surface area (Å²) in [5.41, 5.74) is 12.4. The van der Waals surface area contributed by atoms with Gasteiger partial charge in [0.25, 0.3) is 6.33 Å². The van der Waals surface area contributed by atoms with Crippen LogP contribution < -0.4 is 4.57 Å². The van der Waals surface area contributed by atoms with Gasteiger partial charge in [-0.2, -0.15) is 0 Å². The number of hydrogen-bond acceptors (Lipinski definition) is 0. The number of aromatic nitrogens is 2. The molecule has 2 heterocycles.